The Morgan fingerprint density at radius 1 is 1.62 bits per heavy atom. The Balaban J connectivity index is 2.47. The van der Waals surface area contributed by atoms with E-state index in [0.29, 0.717) is 10.9 Å². The summed E-state index contributed by atoms with van der Waals surface area (Å²) in [6.45, 7) is 0. The summed E-state index contributed by atoms with van der Waals surface area (Å²) in [4.78, 5) is 13.2. The van der Waals surface area contributed by atoms with Gasteiger partial charge < -0.3 is 16.0 Å². The zero-order valence-electron chi connectivity index (χ0n) is 7.91. The van der Waals surface area contributed by atoms with E-state index >= 15 is 0 Å². The summed E-state index contributed by atoms with van der Waals surface area (Å²) >= 11 is 4.88. The third-order valence-corrected chi connectivity index (χ3v) is 2.34. The second kappa shape index (κ2) is 3.91. The van der Waals surface area contributed by atoms with Crippen molar-refractivity contribution >= 4 is 23.2 Å². The molecule has 13 heavy (non-hydrogen) atoms. The summed E-state index contributed by atoms with van der Waals surface area (Å²) < 4.78 is 0. The molecular formula is C8H15N3OS. The van der Waals surface area contributed by atoms with Crippen molar-refractivity contribution in [1.82, 2.24) is 10.2 Å². The van der Waals surface area contributed by atoms with E-state index in [1.807, 2.05) is 0 Å². The van der Waals surface area contributed by atoms with Crippen LogP contribution in [0.2, 0.25) is 0 Å². The molecule has 0 aromatic heterocycles. The smallest absolute Gasteiger partial charge is 0.317 e. The minimum atomic E-state index is -0.135. The summed E-state index contributed by atoms with van der Waals surface area (Å²) in [5.74, 6) is 0.460. The maximum Gasteiger partial charge on any atom is 0.317 e. The first kappa shape index (κ1) is 10.2. The number of carbonyl (C=O) groups excluding carboxylic acids is 1. The van der Waals surface area contributed by atoms with Crippen LogP contribution in [0.5, 0.6) is 0 Å². The third kappa shape index (κ3) is 2.84. The van der Waals surface area contributed by atoms with Crippen molar-refractivity contribution in [3.63, 3.8) is 0 Å². The number of nitrogens with one attached hydrogen (secondary N) is 1. The minimum Gasteiger partial charge on any atom is -0.392 e. The Labute approximate surface area is 83.5 Å². The Kier molecular flexibility index (Phi) is 3.08. The predicted octanol–water partition coefficient (Wildman–Crippen LogP) is 0.322. The van der Waals surface area contributed by atoms with Crippen LogP contribution in [0.1, 0.15) is 12.8 Å². The molecule has 1 unspecified atom stereocenters. The lowest BCUT2D eigenvalue weighted by Crippen LogP contribution is -2.48. The van der Waals surface area contributed by atoms with Gasteiger partial charge in [0, 0.05) is 14.1 Å². The van der Waals surface area contributed by atoms with Crippen LogP contribution in [-0.2, 0) is 0 Å². The van der Waals surface area contributed by atoms with Gasteiger partial charge in [-0.2, -0.15) is 0 Å². The summed E-state index contributed by atoms with van der Waals surface area (Å²) in [6.07, 6.45) is 2.21. The molecule has 1 rings (SSSR count). The van der Waals surface area contributed by atoms with Crippen LogP contribution in [0.3, 0.4) is 0 Å². The first-order valence-corrected chi connectivity index (χ1v) is 4.70. The highest BCUT2D eigenvalue weighted by atomic mass is 32.1. The van der Waals surface area contributed by atoms with Gasteiger partial charge in [0.1, 0.15) is 0 Å². The number of urea groups is 1. The molecule has 2 amide bonds. The molecule has 1 atom stereocenters. The SMILES string of the molecule is CN(C)C(=O)NC(C(N)=S)C1CC1. The second-order valence-electron chi connectivity index (χ2n) is 3.56. The molecule has 0 aromatic carbocycles. The average Bonchev–Trinajstić information content (AvgIpc) is 2.81. The van der Waals surface area contributed by atoms with Crippen molar-refractivity contribution in [3.05, 3.63) is 0 Å². The van der Waals surface area contributed by atoms with Crippen LogP contribution in [-0.4, -0.2) is 36.1 Å². The molecule has 4 nitrogen and oxygen atoms in total. The highest BCUT2D eigenvalue weighted by molar-refractivity contribution is 7.80. The number of nitrogens with two attached hydrogens (primary N) is 1. The number of carbonyl (C=O) groups is 1. The monoisotopic (exact) mass is 201 g/mol. The van der Waals surface area contributed by atoms with Crippen LogP contribution in [0.25, 0.3) is 0 Å². The lowest BCUT2D eigenvalue weighted by molar-refractivity contribution is 0.215. The fourth-order valence-electron chi connectivity index (χ4n) is 1.11. The number of thiocarbonyl (C=S) groups is 1. The quantitative estimate of drug-likeness (QED) is 0.647. The molecule has 74 valence electrons. The number of amides is 2. The Morgan fingerprint density at radius 3 is 2.46 bits per heavy atom. The lowest BCUT2D eigenvalue weighted by atomic mass is 10.2. The Hall–Kier alpha value is -0.840. The van der Waals surface area contributed by atoms with E-state index in [4.69, 9.17) is 18.0 Å². The molecule has 1 aliphatic rings. The maximum absolute atomic E-state index is 11.3. The van der Waals surface area contributed by atoms with Gasteiger partial charge >= 0.3 is 6.03 Å². The lowest BCUT2D eigenvalue weighted by Gasteiger charge is -2.19. The molecule has 0 aliphatic heterocycles. The van der Waals surface area contributed by atoms with Gasteiger partial charge in [-0.25, -0.2) is 4.79 Å². The van der Waals surface area contributed by atoms with E-state index in [1.54, 1.807) is 14.1 Å². The van der Waals surface area contributed by atoms with Gasteiger partial charge in [0.05, 0.1) is 11.0 Å². The molecule has 0 aromatic rings. The highest BCUT2D eigenvalue weighted by Crippen LogP contribution is 2.32. The van der Waals surface area contributed by atoms with E-state index < -0.39 is 0 Å². The van der Waals surface area contributed by atoms with Gasteiger partial charge in [0.25, 0.3) is 0 Å². The maximum atomic E-state index is 11.3. The van der Waals surface area contributed by atoms with Crippen molar-refractivity contribution in [2.75, 3.05) is 14.1 Å². The van der Waals surface area contributed by atoms with Crippen LogP contribution in [0.4, 0.5) is 4.79 Å². The van der Waals surface area contributed by atoms with E-state index in [2.05, 4.69) is 5.32 Å². The standard InChI is InChI=1S/C8H15N3OS/c1-11(2)8(12)10-6(7(9)13)5-3-4-5/h5-6H,3-4H2,1-2H3,(H2,9,13)(H,10,12). The molecule has 1 aliphatic carbocycles. The van der Waals surface area contributed by atoms with E-state index in [1.165, 1.54) is 4.90 Å². The number of nitrogens with zero attached hydrogens (tertiary/aromatic N) is 1. The zero-order chi connectivity index (χ0) is 10.0. The van der Waals surface area contributed by atoms with Crippen molar-refractivity contribution in [1.29, 1.82) is 0 Å². The van der Waals surface area contributed by atoms with Crippen molar-refractivity contribution in [2.24, 2.45) is 11.7 Å². The van der Waals surface area contributed by atoms with Gasteiger partial charge in [0.15, 0.2) is 0 Å². The summed E-state index contributed by atoms with van der Waals surface area (Å²) in [5, 5.41) is 2.80. The molecule has 1 saturated carbocycles. The Morgan fingerprint density at radius 2 is 2.15 bits per heavy atom. The van der Waals surface area contributed by atoms with Gasteiger partial charge in [-0.3, -0.25) is 0 Å². The predicted molar refractivity (Wildman–Crippen MR) is 55.5 cm³/mol. The highest BCUT2D eigenvalue weighted by Gasteiger charge is 2.34. The molecule has 0 radical (unpaired) electrons. The Bertz CT molecular complexity index is 225. The summed E-state index contributed by atoms with van der Waals surface area (Å²) in [6, 6.07) is -0.255. The number of hydrogen-bond donors (Lipinski definition) is 2. The molecule has 0 saturated heterocycles. The van der Waals surface area contributed by atoms with Crippen molar-refractivity contribution in [2.45, 2.75) is 18.9 Å². The minimum absolute atomic E-state index is 0.120. The van der Waals surface area contributed by atoms with Crippen LogP contribution >= 0.6 is 12.2 Å². The second-order valence-corrected chi connectivity index (χ2v) is 4.03. The average molecular weight is 201 g/mol. The molecule has 0 spiro atoms. The number of rotatable bonds is 3. The van der Waals surface area contributed by atoms with Gasteiger partial charge in [-0.1, -0.05) is 12.2 Å². The van der Waals surface area contributed by atoms with Crippen LogP contribution < -0.4 is 11.1 Å². The largest absolute Gasteiger partial charge is 0.392 e. The van der Waals surface area contributed by atoms with Gasteiger partial charge in [-0.15, -0.1) is 0 Å². The summed E-state index contributed by atoms with van der Waals surface area (Å²) in [5.41, 5.74) is 5.52. The van der Waals surface area contributed by atoms with Crippen LogP contribution in [0.15, 0.2) is 0 Å². The van der Waals surface area contributed by atoms with E-state index in [9.17, 15) is 4.79 Å². The third-order valence-electron chi connectivity index (χ3n) is 2.09. The molecule has 3 N–H and O–H groups in total. The fourth-order valence-corrected chi connectivity index (χ4v) is 1.36. The van der Waals surface area contributed by atoms with E-state index in [-0.39, 0.29) is 12.1 Å². The van der Waals surface area contributed by atoms with Crippen molar-refractivity contribution < 1.29 is 4.79 Å². The zero-order valence-corrected chi connectivity index (χ0v) is 8.73. The molecule has 5 heteroatoms. The summed E-state index contributed by atoms with van der Waals surface area (Å²) in [7, 11) is 3.39. The van der Waals surface area contributed by atoms with Crippen molar-refractivity contribution in [3.8, 4) is 0 Å². The van der Waals surface area contributed by atoms with Crippen LogP contribution in [0, 0.1) is 5.92 Å². The fraction of sp³-hybridized carbons (Fsp3) is 0.750. The first-order chi connectivity index (χ1) is 6.02. The normalized spacial score (nSPS) is 17.7. The molecule has 0 bridgehead atoms. The van der Waals surface area contributed by atoms with Gasteiger partial charge in [0.2, 0.25) is 0 Å². The van der Waals surface area contributed by atoms with Gasteiger partial charge in [-0.05, 0) is 18.8 Å². The topological polar surface area (TPSA) is 58.4 Å². The molecular weight excluding hydrogens is 186 g/mol. The number of hydrogen-bond acceptors (Lipinski definition) is 2. The molecule has 0 heterocycles. The van der Waals surface area contributed by atoms with E-state index in [0.717, 1.165) is 12.8 Å². The first-order valence-electron chi connectivity index (χ1n) is 4.29. The molecule has 1 fully saturated rings.